The van der Waals surface area contributed by atoms with Crippen molar-refractivity contribution in [2.24, 2.45) is 5.73 Å². The predicted octanol–water partition coefficient (Wildman–Crippen LogP) is 3.03. The second kappa shape index (κ2) is 7.02. The summed E-state index contributed by atoms with van der Waals surface area (Å²) in [7, 11) is -3.50. The molecule has 0 aromatic heterocycles. The molecule has 1 aromatic carbocycles. The van der Waals surface area contributed by atoms with E-state index < -0.39 is 10.0 Å². The Morgan fingerprint density at radius 3 is 2.40 bits per heavy atom. The van der Waals surface area contributed by atoms with Crippen LogP contribution in [0.1, 0.15) is 38.3 Å². The van der Waals surface area contributed by atoms with Crippen molar-refractivity contribution >= 4 is 26.0 Å². The summed E-state index contributed by atoms with van der Waals surface area (Å²) in [6, 6.07) is 3.53. The molecule has 0 fully saturated rings. The summed E-state index contributed by atoms with van der Waals surface area (Å²) >= 11 is 3.42. The molecule has 4 nitrogen and oxygen atoms in total. The van der Waals surface area contributed by atoms with E-state index >= 15 is 0 Å². The van der Waals surface area contributed by atoms with Crippen LogP contribution in [0.3, 0.4) is 0 Å². The van der Waals surface area contributed by atoms with Crippen molar-refractivity contribution in [2.45, 2.75) is 51.6 Å². The van der Waals surface area contributed by atoms with Crippen LogP contribution in [0.2, 0.25) is 0 Å². The van der Waals surface area contributed by atoms with Crippen molar-refractivity contribution in [3.05, 3.63) is 27.7 Å². The molecule has 0 aliphatic rings. The van der Waals surface area contributed by atoms with Gasteiger partial charge in [0.1, 0.15) is 0 Å². The number of hydrogen-bond donors (Lipinski definition) is 1. The molecule has 1 atom stereocenters. The maximum atomic E-state index is 12.9. The highest BCUT2D eigenvalue weighted by Gasteiger charge is 2.29. The third-order valence-corrected chi connectivity index (χ3v) is 6.61. The molecule has 0 heterocycles. The highest BCUT2D eigenvalue weighted by atomic mass is 79.9. The van der Waals surface area contributed by atoms with Crippen LogP contribution in [-0.4, -0.2) is 25.3 Å². The number of nitrogens with two attached hydrogens (primary N) is 1. The van der Waals surface area contributed by atoms with Crippen LogP contribution in [0.25, 0.3) is 0 Å². The van der Waals surface area contributed by atoms with Crippen LogP contribution in [0, 0.1) is 6.92 Å². The minimum absolute atomic E-state index is 0.0234. The van der Waals surface area contributed by atoms with Crippen molar-refractivity contribution in [3.63, 3.8) is 0 Å². The van der Waals surface area contributed by atoms with Crippen LogP contribution < -0.4 is 5.73 Å². The first-order valence-corrected chi connectivity index (χ1v) is 9.03. The zero-order valence-corrected chi connectivity index (χ0v) is 14.9. The van der Waals surface area contributed by atoms with Gasteiger partial charge in [-0.15, -0.1) is 0 Å². The standard InChI is InChI=1S/C14H23BrN2O2S/c1-5-10(3)17(6-2)20(18,19)14-8-12(9-16)7-13(15)11(14)4/h7-8,10H,5-6,9,16H2,1-4H3. The lowest BCUT2D eigenvalue weighted by molar-refractivity contribution is 0.342. The van der Waals surface area contributed by atoms with Gasteiger partial charge in [0.15, 0.2) is 0 Å². The van der Waals surface area contributed by atoms with Crippen LogP contribution >= 0.6 is 15.9 Å². The smallest absolute Gasteiger partial charge is 0.243 e. The van der Waals surface area contributed by atoms with Gasteiger partial charge < -0.3 is 5.73 Å². The molecule has 1 rings (SSSR count). The molecule has 1 unspecified atom stereocenters. The van der Waals surface area contributed by atoms with E-state index in [1.54, 1.807) is 10.4 Å². The lowest BCUT2D eigenvalue weighted by Crippen LogP contribution is -2.38. The molecular weight excluding hydrogens is 340 g/mol. The first-order valence-electron chi connectivity index (χ1n) is 6.80. The fourth-order valence-corrected chi connectivity index (χ4v) is 4.79. The summed E-state index contributed by atoms with van der Waals surface area (Å²) in [5.41, 5.74) is 7.18. The van der Waals surface area contributed by atoms with E-state index in [1.807, 2.05) is 33.8 Å². The highest BCUT2D eigenvalue weighted by molar-refractivity contribution is 9.10. The van der Waals surface area contributed by atoms with Crippen LogP contribution in [0.4, 0.5) is 0 Å². The van der Waals surface area contributed by atoms with Crippen molar-refractivity contribution in [1.29, 1.82) is 0 Å². The van der Waals surface area contributed by atoms with Gasteiger partial charge in [-0.2, -0.15) is 4.31 Å². The van der Waals surface area contributed by atoms with Crippen LogP contribution in [0.5, 0.6) is 0 Å². The van der Waals surface area contributed by atoms with Crippen molar-refractivity contribution in [2.75, 3.05) is 6.54 Å². The first-order chi connectivity index (χ1) is 9.29. The zero-order chi connectivity index (χ0) is 15.5. The van der Waals surface area contributed by atoms with Crippen molar-refractivity contribution in [1.82, 2.24) is 4.31 Å². The van der Waals surface area contributed by atoms with E-state index in [-0.39, 0.29) is 6.04 Å². The molecule has 0 saturated carbocycles. The first kappa shape index (κ1) is 17.6. The number of halogens is 1. The second-order valence-electron chi connectivity index (χ2n) is 4.87. The van der Waals surface area contributed by atoms with Gasteiger partial charge >= 0.3 is 0 Å². The number of rotatable bonds is 6. The molecule has 1 aromatic rings. The van der Waals surface area contributed by atoms with E-state index in [0.717, 1.165) is 22.0 Å². The molecule has 0 radical (unpaired) electrons. The maximum absolute atomic E-state index is 12.9. The Hall–Kier alpha value is -0.430. The number of benzene rings is 1. The Balaban J connectivity index is 3.45. The van der Waals surface area contributed by atoms with E-state index in [2.05, 4.69) is 15.9 Å². The van der Waals surface area contributed by atoms with Gasteiger partial charge in [0.05, 0.1) is 4.90 Å². The molecular formula is C14H23BrN2O2S. The molecule has 114 valence electrons. The molecule has 2 N–H and O–H groups in total. The third-order valence-electron chi connectivity index (χ3n) is 3.57. The van der Waals surface area contributed by atoms with Crippen molar-refractivity contribution < 1.29 is 8.42 Å². The highest BCUT2D eigenvalue weighted by Crippen LogP contribution is 2.29. The van der Waals surface area contributed by atoms with Gasteiger partial charge in [-0.3, -0.25) is 0 Å². The normalized spacial score (nSPS) is 13.8. The summed E-state index contributed by atoms with van der Waals surface area (Å²) in [5, 5.41) is 0. The summed E-state index contributed by atoms with van der Waals surface area (Å²) in [4.78, 5) is 0.342. The zero-order valence-electron chi connectivity index (χ0n) is 12.5. The quantitative estimate of drug-likeness (QED) is 0.845. The fourth-order valence-electron chi connectivity index (χ4n) is 2.14. The molecule has 0 saturated heterocycles. The molecule has 0 aliphatic heterocycles. The molecule has 0 aliphatic carbocycles. The molecule has 6 heteroatoms. The Labute approximate surface area is 130 Å². The van der Waals surface area contributed by atoms with E-state index in [1.165, 1.54) is 0 Å². The molecule has 0 spiro atoms. The minimum atomic E-state index is -3.50. The Kier molecular flexibility index (Phi) is 6.19. The van der Waals surface area contributed by atoms with Gasteiger partial charge in [-0.1, -0.05) is 29.8 Å². The Morgan fingerprint density at radius 1 is 1.35 bits per heavy atom. The van der Waals surface area contributed by atoms with Crippen LogP contribution in [-0.2, 0) is 16.6 Å². The van der Waals surface area contributed by atoms with Gasteiger partial charge in [0, 0.05) is 23.6 Å². The largest absolute Gasteiger partial charge is 0.326 e. The second-order valence-corrected chi connectivity index (χ2v) is 7.58. The van der Waals surface area contributed by atoms with Crippen molar-refractivity contribution in [3.8, 4) is 0 Å². The lowest BCUT2D eigenvalue weighted by atomic mass is 10.1. The number of sulfonamides is 1. The van der Waals surface area contributed by atoms with Gasteiger partial charge in [0.2, 0.25) is 10.0 Å². The maximum Gasteiger partial charge on any atom is 0.243 e. The molecule has 20 heavy (non-hydrogen) atoms. The Morgan fingerprint density at radius 2 is 1.95 bits per heavy atom. The fraction of sp³-hybridized carbons (Fsp3) is 0.571. The summed E-state index contributed by atoms with van der Waals surface area (Å²) in [5.74, 6) is 0. The number of hydrogen-bond acceptors (Lipinski definition) is 3. The SMILES string of the molecule is CCC(C)N(CC)S(=O)(=O)c1cc(CN)cc(Br)c1C. The van der Waals surface area contributed by atoms with Gasteiger partial charge in [-0.25, -0.2) is 8.42 Å². The average molecular weight is 363 g/mol. The summed E-state index contributed by atoms with van der Waals surface area (Å²) < 4.78 is 28.1. The monoisotopic (exact) mass is 362 g/mol. The minimum Gasteiger partial charge on any atom is -0.326 e. The third kappa shape index (κ3) is 3.42. The predicted molar refractivity (Wildman–Crippen MR) is 86.1 cm³/mol. The lowest BCUT2D eigenvalue weighted by Gasteiger charge is -2.27. The Bertz CT molecular complexity index is 573. The number of nitrogens with zero attached hydrogens (tertiary/aromatic N) is 1. The summed E-state index contributed by atoms with van der Waals surface area (Å²) in [6.45, 7) is 8.36. The average Bonchev–Trinajstić information content (AvgIpc) is 2.41. The van der Waals surface area contributed by atoms with E-state index in [9.17, 15) is 8.42 Å². The molecule has 0 amide bonds. The molecule has 0 bridgehead atoms. The van der Waals surface area contributed by atoms with E-state index in [4.69, 9.17) is 5.73 Å². The topological polar surface area (TPSA) is 63.4 Å². The summed E-state index contributed by atoms with van der Waals surface area (Å²) in [6.07, 6.45) is 0.782. The van der Waals surface area contributed by atoms with Gasteiger partial charge in [0.25, 0.3) is 0 Å². The van der Waals surface area contributed by atoms with Crippen LogP contribution in [0.15, 0.2) is 21.5 Å². The van der Waals surface area contributed by atoms with Gasteiger partial charge in [-0.05, 0) is 43.5 Å². The van der Waals surface area contributed by atoms with E-state index in [0.29, 0.717) is 18.0 Å².